The Bertz CT molecular complexity index is 1180. The summed E-state index contributed by atoms with van der Waals surface area (Å²) in [4.78, 5) is 17.2. The van der Waals surface area contributed by atoms with Gasteiger partial charge in [-0.25, -0.2) is 14.1 Å². The molecule has 3 aromatic carbocycles. The molecule has 0 fully saturated rings. The molecule has 4 rings (SSSR count). The molecular formula is C23H19FN4O2. The normalized spacial score (nSPS) is 10.6. The largest absolute Gasteiger partial charge is 0.497 e. The van der Waals surface area contributed by atoms with Crippen molar-refractivity contribution in [1.29, 1.82) is 0 Å². The number of hydrogen-bond donors (Lipinski definition) is 1. The fourth-order valence-corrected chi connectivity index (χ4v) is 2.94. The number of methoxy groups -OCH3 is 1. The molecule has 0 atom stereocenters. The van der Waals surface area contributed by atoms with Crippen LogP contribution in [0, 0.1) is 12.7 Å². The minimum atomic E-state index is -0.597. The highest BCUT2D eigenvalue weighted by atomic mass is 19.1. The molecule has 1 amide bonds. The third-order valence-electron chi connectivity index (χ3n) is 4.56. The van der Waals surface area contributed by atoms with E-state index in [0.717, 1.165) is 11.1 Å². The number of carbonyl (C=O) groups is 1. The van der Waals surface area contributed by atoms with Crippen molar-refractivity contribution in [3.05, 3.63) is 90.0 Å². The smallest absolute Gasteiger partial charge is 0.295 e. The average Bonchev–Trinajstić information content (AvgIpc) is 3.21. The van der Waals surface area contributed by atoms with Crippen LogP contribution < -0.4 is 10.1 Å². The zero-order valence-corrected chi connectivity index (χ0v) is 16.5. The van der Waals surface area contributed by atoms with Crippen molar-refractivity contribution in [2.24, 2.45) is 0 Å². The van der Waals surface area contributed by atoms with E-state index in [0.29, 0.717) is 17.3 Å². The Morgan fingerprint density at radius 1 is 1.00 bits per heavy atom. The van der Waals surface area contributed by atoms with Crippen LogP contribution in [0.4, 0.5) is 10.1 Å². The van der Waals surface area contributed by atoms with Gasteiger partial charge in [-0.3, -0.25) is 4.79 Å². The van der Waals surface area contributed by atoms with Gasteiger partial charge < -0.3 is 10.1 Å². The summed E-state index contributed by atoms with van der Waals surface area (Å²) >= 11 is 0. The van der Waals surface area contributed by atoms with E-state index in [4.69, 9.17) is 4.74 Å². The minimum Gasteiger partial charge on any atom is -0.497 e. The first-order valence-corrected chi connectivity index (χ1v) is 9.29. The Morgan fingerprint density at radius 2 is 1.70 bits per heavy atom. The van der Waals surface area contributed by atoms with Gasteiger partial charge in [-0.2, -0.15) is 0 Å². The molecule has 0 aliphatic carbocycles. The SMILES string of the molecule is COc1ccc(-n2nc(C(=O)Nc3ccccc3F)nc2-c2ccc(C)cc2)cc1. The maximum absolute atomic E-state index is 13.9. The van der Waals surface area contributed by atoms with Crippen LogP contribution in [-0.4, -0.2) is 27.8 Å². The quantitative estimate of drug-likeness (QED) is 0.528. The third-order valence-corrected chi connectivity index (χ3v) is 4.56. The van der Waals surface area contributed by atoms with Crippen LogP contribution in [0.25, 0.3) is 17.1 Å². The van der Waals surface area contributed by atoms with Crippen molar-refractivity contribution in [1.82, 2.24) is 14.8 Å². The predicted octanol–water partition coefficient (Wildman–Crippen LogP) is 4.64. The third kappa shape index (κ3) is 3.91. The molecule has 1 N–H and O–H groups in total. The van der Waals surface area contributed by atoms with Crippen LogP contribution in [-0.2, 0) is 0 Å². The lowest BCUT2D eigenvalue weighted by Crippen LogP contribution is -2.15. The molecule has 0 bridgehead atoms. The molecule has 1 aromatic heterocycles. The van der Waals surface area contributed by atoms with Crippen molar-refractivity contribution in [3.8, 4) is 22.8 Å². The Labute approximate surface area is 173 Å². The van der Waals surface area contributed by atoms with Crippen molar-refractivity contribution < 1.29 is 13.9 Å². The highest BCUT2D eigenvalue weighted by Crippen LogP contribution is 2.24. The average molecular weight is 402 g/mol. The summed E-state index contributed by atoms with van der Waals surface area (Å²) in [5.41, 5.74) is 2.68. The summed E-state index contributed by atoms with van der Waals surface area (Å²) < 4.78 is 20.7. The molecule has 0 saturated carbocycles. The number of carbonyl (C=O) groups excluding carboxylic acids is 1. The monoisotopic (exact) mass is 402 g/mol. The second kappa shape index (κ2) is 8.16. The van der Waals surface area contributed by atoms with Gasteiger partial charge in [-0.1, -0.05) is 42.0 Å². The van der Waals surface area contributed by atoms with Gasteiger partial charge in [-0.05, 0) is 43.3 Å². The molecule has 0 unspecified atom stereocenters. The Hall–Kier alpha value is -4.00. The van der Waals surface area contributed by atoms with Gasteiger partial charge in [0.1, 0.15) is 11.6 Å². The van der Waals surface area contributed by atoms with Gasteiger partial charge in [0, 0.05) is 5.56 Å². The van der Waals surface area contributed by atoms with E-state index in [9.17, 15) is 9.18 Å². The van der Waals surface area contributed by atoms with Crippen molar-refractivity contribution >= 4 is 11.6 Å². The van der Waals surface area contributed by atoms with Crippen LogP contribution in [0.5, 0.6) is 5.75 Å². The molecule has 30 heavy (non-hydrogen) atoms. The number of halogens is 1. The fraction of sp³-hybridized carbons (Fsp3) is 0.0870. The zero-order valence-electron chi connectivity index (χ0n) is 16.5. The highest BCUT2D eigenvalue weighted by Gasteiger charge is 2.20. The number of hydrogen-bond acceptors (Lipinski definition) is 4. The molecule has 0 spiro atoms. The standard InChI is InChI=1S/C23H19FN4O2/c1-15-7-9-16(10-8-15)22-26-21(23(29)25-20-6-4-3-5-19(20)24)27-28(22)17-11-13-18(30-2)14-12-17/h3-14H,1-2H3,(H,25,29). The van der Waals surface area contributed by atoms with E-state index in [-0.39, 0.29) is 11.5 Å². The molecular weight excluding hydrogens is 383 g/mol. The van der Waals surface area contributed by atoms with Crippen LogP contribution >= 0.6 is 0 Å². The van der Waals surface area contributed by atoms with Crippen molar-refractivity contribution in [3.63, 3.8) is 0 Å². The van der Waals surface area contributed by atoms with Crippen LogP contribution in [0.2, 0.25) is 0 Å². The van der Waals surface area contributed by atoms with Gasteiger partial charge >= 0.3 is 0 Å². The number of anilines is 1. The first-order chi connectivity index (χ1) is 14.5. The number of benzene rings is 3. The minimum absolute atomic E-state index is 0.0651. The van der Waals surface area contributed by atoms with E-state index in [1.807, 2.05) is 43.3 Å². The summed E-state index contributed by atoms with van der Waals surface area (Å²) in [5.74, 6) is 0.0108. The number of aromatic nitrogens is 3. The maximum atomic E-state index is 13.9. The number of para-hydroxylation sites is 1. The molecule has 0 radical (unpaired) electrons. The van der Waals surface area contributed by atoms with Gasteiger partial charge in [0.05, 0.1) is 18.5 Å². The summed E-state index contributed by atoms with van der Waals surface area (Å²) in [6.07, 6.45) is 0. The van der Waals surface area contributed by atoms with Gasteiger partial charge in [0.15, 0.2) is 5.82 Å². The van der Waals surface area contributed by atoms with E-state index in [1.165, 1.54) is 12.1 Å². The number of nitrogens with zero attached hydrogens (tertiary/aromatic N) is 3. The second-order valence-corrected chi connectivity index (χ2v) is 6.67. The second-order valence-electron chi connectivity index (χ2n) is 6.67. The topological polar surface area (TPSA) is 69.0 Å². The molecule has 6 nitrogen and oxygen atoms in total. The van der Waals surface area contributed by atoms with E-state index < -0.39 is 11.7 Å². The fourth-order valence-electron chi connectivity index (χ4n) is 2.94. The van der Waals surface area contributed by atoms with Gasteiger partial charge in [0.25, 0.3) is 5.91 Å². The lowest BCUT2D eigenvalue weighted by molar-refractivity contribution is 0.101. The summed E-state index contributed by atoms with van der Waals surface area (Å²) in [7, 11) is 1.59. The number of ether oxygens (including phenoxy) is 1. The Morgan fingerprint density at radius 3 is 2.37 bits per heavy atom. The Balaban J connectivity index is 1.75. The van der Waals surface area contributed by atoms with Crippen LogP contribution in [0.3, 0.4) is 0 Å². The van der Waals surface area contributed by atoms with Crippen molar-refractivity contribution in [2.75, 3.05) is 12.4 Å². The van der Waals surface area contributed by atoms with E-state index >= 15 is 0 Å². The predicted molar refractivity (Wildman–Crippen MR) is 112 cm³/mol. The molecule has 0 saturated heterocycles. The molecule has 0 aliphatic heterocycles. The first-order valence-electron chi connectivity index (χ1n) is 9.29. The lowest BCUT2D eigenvalue weighted by Gasteiger charge is -2.07. The number of amides is 1. The number of nitrogens with one attached hydrogen (secondary N) is 1. The van der Waals surface area contributed by atoms with Gasteiger partial charge in [-0.15, -0.1) is 5.10 Å². The van der Waals surface area contributed by atoms with Crippen molar-refractivity contribution in [2.45, 2.75) is 6.92 Å². The lowest BCUT2D eigenvalue weighted by atomic mass is 10.1. The van der Waals surface area contributed by atoms with Gasteiger partial charge in [0.2, 0.25) is 5.82 Å². The molecule has 4 aromatic rings. The highest BCUT2D eigenvalue weighted by molar-refractivity contribution is 6.01. The number of aryl methyl sites for hydroxylation is 1. The maximum Gasteiger partial charge on any atom is 0.295 e. The summed E-state index contributed by atoms with van der Waals surface area (Å²) in [5, 5.41) is 6.92. The Kier molecular flexibility index (Phi) is 5.26. The van der Waals surface area contributed by atoms with E-state index in [2.05, 4.69) is 15.4 Å². The van der Waals surface area contributed by atoms with E-state index in [1.54, 1.807) is 36.1 Å². The molecule has 0 aliphatic rings. The number of rotatable bonds is 5. The molecule has 1 heterocycles. The molecule has 150 valence electrons. The summed E-state index contributed by atoms with van der Waals surface area (Å²) in [6, 6.07) is 20.9. The van der Waals surface area contributed by atoms with Crippen LogP contribution in [0.1, 0.15) is 16.2 Å². The zero-order chi connectivity index (χ0) is 21.1. The first kappa shape index (κ1) is 19.3. The summed E-state index contributed by atoms with van der Waals surface area (Å²) in [6.45, 7) is 1.99. The molecule has 7 heteroatoms. The van der Waals surface area contributed by atoms with Crippen LogP contribution in [0.15, 0.2) is 72.8 Å².